The Morgan fingerprint density at radius 2 is 0.732 bits per heavy atom. The van der Waals surface area contributed by atoms with Crippen LogP contribution < -0.4 is 0 Å². The van der Waals surface area contributed by atoms with Gasteiger partial charge in [-0.2, -0.15) is 0 Å². The number of hydrogen-bond acceptors (Lipinski definition) is 2. The molecule has 0 rings (SSSR count). The fourth-order valence-corrected chi connectivity index (χ4v) is 5.65. The van der Waals surface area contributed by atoms with E-state index in [1.165, 1.54) is 192 Å². The summed E-state index contributed by atoms with van der Waals surface area (Å²) in [5.74, 6) is 0.646. The molecule has 0 spiro atoms. The Morgan fingerprint density at radius 1 is 0.463 bits per heavy atom. The molecule has 2 nitrogen and oxygen atoms in total. The van der Waals surface area contributed by atoms with Gasteiger partial charge in [-0.25, -0.2) is 0 Å². The predicted molar refractivity (Wildman–Crippen MR) is 186 cm³/mol. The first kappa shape index (κ1) is 42.5. The predicted octanol–water partition coefficient (Wildman–Crippen LogP) is 13.5. The van der Waals surface area contributed by atoms with Crippen LogP contribution in [0.15, 0.2) is 12.2 Å². The highest BCUT2D eigenvalue weighted by molar-refractivity contribution is 5.49. The Morgan fingerprint density at radius 3 is 1.05 bits per heavy atom. The van der Waals surface area contributed by atoms with Gasteiger partial charge in [0.25, 0.3) is 0 Å². The number of aliphatic hydroxyl groups excluding tert-OH is 1. The van der Waals surface area contributed by atoms with Gasteiger partial charge in [0.1, 0.15) is 6.29 Å². The van der Waals surface area contributed by atoms with Gasteiger partial charge in [-0.1, -0.05) is 187 Å². The van der Waals surface area contributed by atoms with E-state index in [1.54, 1.807) is 13.8 Å². The van der Waals surface area contributed by atoms with Crippen molar-refractivity contribution in [1.82, 2.24) is 0 Å². The summed E-state index contributed by atoms with van der Waals surface area (Å²) in [5.41, 5.74) is 0. The maximum Gasteiger partial charge on any atom is 0.120 e. The van der Waals surface area contributed by atoms with Crippen molar-refractivity contribution >= 4 is 6.29 Å². The molecule has 246 valence electrons. The second-order valence-electron chi connectivity index (χ2n) is 13.1. The van der Waals surface area contributed by atoms with Gasteiger partial charge in [0, 0.05) is 12.5 Å². The maximum atomic E-state index is 11.1. The third-order valence-electron chi connectivity index (χ3n) is 8.27. The molecule has 41 heavy (non-hydrogen) atoms. The zero-order chi connectivity index (χ0) is 30.5. The van der Waals surface area contributed by atoms with Crippen molar-refractivity contribution in [3.05, 3.63) is 12.2 Å². The number of rotatable bonds is 32. The van der Waals surface area contributed by atoms with Crippen LogP contribution in [0.4, 0.5) is 0 Å². The number of carbonyl (C=O) groups excluding carboxylic acids is 1. The molecule has 0 fully saturated rings. The minimum Gasteiger partial charge on any atom is -0.394 e. The highest BCUT2D eigenvalue weighted by atomic mass is 16.3. The van der Waals surface area contributed by atoms with Gasteiger partial charge in [-0.05, 0) is 45.4 Å². The van der Waals surface area contributed by atoms with Crippen LogP contribution in [-0.4, -0.2) is 17.5 Å². The Labute approximate surface area is 260 Å². The van der Waals surface area contributed by atoms with E-state index in [0.29, 0.717) is 5.92 Å². The molecule has 0 saturated carbocycles. The molecule has 0 radical (unpaired) electrons. The molecule has 0 heterocycles. The van der Waals surface area contributed by atoms with Crippen LogP contribution in [0.25, 0.3) is 0 Å². The summed E-state index contributed by atoms with van der Waals surface area (Å²) in [7, 11) is 0. The topological polar surface area (TPSA) is 37.3 Å². The highest BCUT2D eigenvalue weighted by Crippen LogP contribution is 2.21. The molecule has 0 amide bonds. The summed E-state index contributed by atoms with van der Waals surface area (Å²) in [4.78, 5) is 11.1. The summed E-state index contributed by atoms with van der Waals surface area (Å²) < 4.78 is 0. The van der Waals surface area contributed by atoms with Gasteiger partial charge in [0.15, 0.2) is 0 Å². The number of allylic oxidation sites excluding steroid dienone is 2. The quantitative estimate of drug-likeness (QED) is 0.0489. The number of carbonyl (C=O) groups is 1. The molecule has 0 aliphatic heterocycles. The average molecular weight is 579 g/mol. The molecule has 0 aromatic carbocycles. The lowest BCUT2D eigenvalue weighted by Gasteiger charge is -2.13. The van der Waals surface area contributed by atoms with Gasteiger partial charge in [-0.15, -0.1) is 0 Å². The van der Waals surface area contributed by atoms with E-state index >= 15 is 0 Å². The van der Waals surface area contributed by atoms with Crippen molar-refractivity contribution in [3.63, 3.8) is 0 Å². The first-order valence-corrected chi connectivity index (χ1v) is 18.8. The van der Waals surface area contributed by atoms with Crippen LogP contribution in [0, 0.1) is 5.92 Å². The van der Waals surface area contributed by atoms with Crippen molar-refractivity contribution in [2.75, 3.05) is 0 Å². The van der Waals surface area contributed by atoms with Crippen LogP contribution in [0.3, 0.4) is 0 Å². The van der Waals surface area contributed by atoms with E-state index in [0.717, 1.165) is 6.42 Å². The van der Waals surface area contributed by atoms with Crippen molar-refractivity contribution in [3.8, 4) is 0 Å². The number of aliphatic hydroxyl groups is 1. The van der Waals surface area contributed by atoms with Crippen LogP contribution >= 0.6 is 0 Å². The molecule has 1 atom stereocenters. The molecular formula is C39H78O2. The van der Waals surface area contributed by atoms with E-state index in [9.17, 15) is 4.79 Å². The molecule has 0 aliphatic carbocycles. The van der Waals surface area contributed by atoms with Crippen LogP contribution in [-0.2, 0) is 4.79 Å². The summed E-state index contributed by atoms with van der Waals surface area (Å²) >= 11 is 0. The SMILES string of the molecule is CC(C)O.CCCCCCCC/C=C\CCCCCC(CC=O)CCCCCCCCCCCCCCCCCC. The lowest BCUT2D eigenvalue weighted by Crippen LogP contribution is -2.02. The minimum absolute atomic E-state index is 0.167. The van der Waals surface area contributed by atoms with E-state index in [4.69, 9.17) is 5.11 Å². The van der Waals surface area contributed by atoms with E-state index < -0.39 is 0 Å². The molecule has 0 aromatic heterocycles. The lowest BCUT2D eigenvalue weighted by molar-refractivity contribution is -0.108. The van der Waals surface area contributed by atoms with E-state index in [2.05, 4.69) is 26.0 Å². The number of aldehydes is 1. The first-order chi connectivity index (χ1) is 20.1. The molecule has 1 unspecified atom stereocenters. The van der Waals surface area contributed by atoms with Gasteiger partial charge in [0.2, 0.25) is 0 Å². The Hall–Kier alpha value is -0.630. The van der Waals surface area contributed by atoms with Gasteiger partial charge < -0.3 is 9.90 Å². The summed E-state index contributed by atoms with van der Waals surface area (Å²) in [6.07, 6.45) is 46.8. The summed E-state index contributed by atoms with van der Waals surface area (Å²) in [6, 6.07) is 0. The molecule has 2 heteroatoms. The number of unbranched alkanes of at least 4 members (excludes halogenated alkanes) is 24. The second-order valence-corrected chi connectivity index (χ2v) is 13.1. The molecule has 0 aromatic rings. The molecular weight excluding hydrogens is 500 g/mol. The van der Waals surface area contributed by atoms with Gasteiger partial charge in [-0.3, -0.25) is 0 Å². The normalized spacial score (nSPS) is 12.1. The third-order valence-corrected chi connectivity index (χ3v) is 8.27. The zero-order valence-corrected chi connectivity index (χ0v) is 29.0. The molecule has 1 N–H and O–H groups in total. The third kappa shape index (κ3) is 43.9. The van der Waals surface area contributed by atoms with Gasteiger partial charge >= 0.3 is 0 Å². The Balaban J connectivity index is 0. The Kier molecular flexibility index (Phi) is 40.8. The Bertz CT molecular complexity index is 481. The smallest absolute Gasteiger partial charge is 0.120 e. The van der Waals surface area contributed by atoms with Crippen molar-refractivity contribution < 1.29 is 9.90 Å². The fourth-order valence-electron chi connectivity index (χ4n) is 5.65. The second kappa shape index (κ2) is 39.4. The van der Waals surface area contributed by atoms with Gasteiger partial charge in [0.05, 0.1) is 0 Å². The van der Waals surface area contributed by atoms with E-state index in [1.807, 2.05) is 0 Å². The summed E-state index contributed by atoms with van der Waals surface area (Å²) in [6.45, 7) is 8.03. The monoisotopic (exact) mass is 579 g/mol. The maximum absolute atomic E-state index is 11.1. The van der Waals surface area contributed by atoms with E-state index in [-0.39, 0.29) is 6.10 Å². The first-order valence-electron chi connectivity index (χ1n) is 18.8. The van der Waals surface area contributed by atoms with Crippen molar-refractivity contribution in [2.24, 2.45) is 5.92 Å². The molecule has 0 bridgehead atoms. The standard InChI is InChI=1S/C36H70O.C3H8O/c1-3-5-7-9-11-13-15-17-18-19-21-23-25-27-29-31-33-36(34-35-37)32-30-28-26-24-22-20-16-14-12-10-8-6-4-2;1-3(2)4/h20,22,35-36H,3-19,21,23-34H2,1-2H3;3-4H,1-2H3/b22-20-;. The van der Waals surface area contributed by atoms with Crippen LogP contribution in [0.5, 0.6) is 0 Å². The fraction of sp³-hybridized carbons (Fsp3) is 0.923. The zero-order valence-electron chi connectivity index (χ0n) is 29.0. The minimum atomic E-state index is -0.167. The largest absolute Gasteiger partial charge is 0.394 e. The summed E-state index contributed by atoms with van der Waals surface area (Å²) in [5, 5.41) is 8.06. The average Bonchev–Trinajstić information content (AvgIpc) is 2.95. The highest BCUT2D eigenvalue weighted by Gasteiger charge is 2.08. The number of hydrogen-bond donors (Lipinski definition) is 1. The van der Waals surface area contributed by atoms with Crippen molar-refractivity contribution in [2.45, 2.75) is 226 Å². The lowest BCUT2D eigenvalue weighted by atomic mass is 9.92. The van der Waals surface area contributed by atoms with Crippen molar-refractivity contribution in [1.29, 1.82) is 0 Å². The molecule has 0 aliphatic rings. The van der Waals surface area contributed by atoms with Crippen LogP contribution in [0.1, 0.15) is 220 Å². The van der Waals surface area contributed by atoms with Crippen LogP contribution in [0.2, 0.25) is 0 Å². The molecule has 0 saturated heterocycles.